The van der Waals surface area contributed by atoms with Gasteiger partial charge in [0.1, 0.15) is 11.4 Å². The van der Waals surface area contributed by atoms with E-state index >= 15 is 0 Å². The van der Waals surface area contributed by atoms with E-state index in [9.17, 15) is 9.59 Å². The molecule has 3 heterocycles. The van der Waals surface area contributed by atoms with E-state index in [0.717, 1.165) is 16.5 Å². The summed E-state index contributed by atoms with van der Waals surface area (Å²) in [5, 5.41) is 3.87. The summed E-state index contributed by atoms with van der Waals surface area (Å²) in [5.41, 5.74) is 3.31. The summed E-state index contributed by atoms with van der Waals surface area (Å²) >= 11 is 1.64. The second-order valence-corrected chi connectivity index (χ2v) is 7.51. The number of nitrogens with zero attached hydrogens (tertiary/aromatic N) is 2. The molecule has 0 unspecified atom stereocenters. The van der Waals surface area contributed by atoms with Gasteiger partial charge in [-0.1, -0.05) is 24.3 Å². The maximum atomic E-state index is 12.9. The maximum absolute atomic E-state index is 12.9. The van der Waals surface area contributed by atoms with Crippen molar-refractivity contribution >= 4 is 40.2 Å². The van der Waals surface area contributed by atoms with Gasteiger partial charge in [0, 0.05) is 28.6 Å². The Balaban J connectivity index is 1.40. The van der Waals surface area contributed by atoms with Crippen LogP contribution in [0.25, 0.3) is 10.9 Å². The van der Waals surface area contributed by atoms with Gasteiger partial charge < -0.3 is 10.2 Å². The second-order valence-electron chi connectivity index (χ2n) is 6.40. The van der Waals surface area contributed by atoms with Crippen LogP contribution >= 0.6 is 11.8 Å². The number of benzene rings is 2. The highest BCUT2D eigenvalue weighted by molar-refractivity contribution is 7.99. The number of aromatic nitrogens is 1. The highest BCUT2D eigenvalue weighted by Gasteiger charge is 2.48. The van der Waals surface area contributed by atoms with E-state index in [-0.39, 0.29) is 17.2 Å². The highest BCUT2D eigenvalue weighted by Crippen LogP contribution is 2.48. The number of amides is 2. The van der Waals surface area contributed by atoms with Crippen molar-refractivity contribution in [2.75, 3.05) is 11.1 Å². The average Bonchev–Trinajstić information content (AvgIpc) is 3.22. The number of hydrogen-bond donors (Lipinski definition) is 1. The molecule has 0 radical (unpaired) electrons. The van der Waals surface area contributed by atoms with Crippen LogP contribution in [0.5, 0.6) is 0 Å². The zero-order valence-corrected chi connectivity index (χ0v) is 14.6. The van der Waals surface area contributed by atoms with E-state index in [1.807, 2.05) is 54.6 Å². The molecule has 2 aromatic carbocycles. The molecule has 6 heteroatoms. The Morgan fingerprint density at radius 2 is 2.04 bits per heavy atom. The molecule has 3 aromatic rings. The van der Waals surface area contributed by atoms with E-state index in [2.05, 4.69) is 10.3 Å². The number of pyridine rings is 1. The molecule has 0 spiro atoms. The van der Waals surface area contributed by atoms with Crippen LogP contribution in [-0.4, -0.2) is 33.5 Å². The Morgan fingerprint density at radius 3 is 2.96 bits per heavy atom. The molecule has 26 heavy (non-hydrogen) atoms. The van der Waals surface area contributed by atoms with E-state index in [4.69, 9.17) is 0 Å². The lowest BCUT2D eigenvalue weighted by molar-refractivity contribution is -0.119. The largest absolute Gasteiger partial charge is 0.324 e. The van der Waals surface area contributed by atoms with Crippen molar-refractivity contribution in [1.29, 1.82) is 0 Å². The lowest BCUT2D eigenvalue weighted by Crippen LogP contribution is -2.42. The van der Waals surface area contributed by atoms with Crippen molar-refractivity contribution in [3.63, 3.8) is 0 Å². The summed E-state index contributed by atoms with van der Waals surface area (Å²) in [6.07, 6.45) is 1.74. The molecule has 2 atom stereocenters. The van der Waals surface area contributed by atoms with Crippen molar-refractivity contribution in [3.05, 3.63) is 71.9 Å². The first-order valence-corrected chi connectivity index (χ1v) is 9.46. The zero-order chi connectivity index (χ0) is 17.7. The van der Waals surface area contributed by atoms with E-state index < -0.39 is 6.04 Å². The predicted molar refractivity (Wildman–Crippen MR) is 102 cm³/mol. The minimum atomic E-state index is -0.463. The fourth-order valence-corrected chi connectivity index (χ4v) is 5.09. The summed E-state index contributed by atoms with van der Waals surface area (Å²) in [7, 11) is 0. The van der Waals surface area contributed by atoms with Gasteiger partial charge in [-0.2, -0.15) is 0 Å². The van der Waals surface area contributed by atoms with Crippen LogP contribution in [0.3, 0.4) is 0 Å². The average molecular weight is 361 g/mol. The number of rotatable bonds is 2. The van der Waals surface area contributed by atoms with Gasteiger partial charge >= 0.3 is 0 Å². The van der Waals surface area contributed by atoms with Gasteiger partial charge in [-0.25, -0.2) is 0 Å². The molecule has 2 aliphatic heterocycles. The zero-order valence-electron chi connectivity index (χ0n) is 13.8. The molecule has 1 aromatic heterocycles. The summed E-state index contributed by atoms with van der Waals surface area (Å²) in [6.45, 7) is 0. The minimum absolute atomic E-state index is 0.0570. The van der Waals surface area contributed by atoms with Gasteiger partial charge in [-0.05, 0) is 35.9 Å². The van der Waals surface area contributed by atoms with Gasteiger partial charge in [0.05, 0.1) is 5.52 Å². The second kappa shape index (κ2) is 5.85. The fraction of sp³-hybridized carbons (Fsp3) is 0.150. The van der Waals surface area contributed by atoms with Crippen molar-refractivity contribution in [2.45, 2.75) is 11.4 Å². The van der Waals surface area contributed by atoms with Gasteiger partial charge in [0.15, 0.2) is 0 Å². The van der Waals surface area contributed by atoms with Crippen LogP contribution in [0.15, 0.2) is 60.8 Å². The van der Waals surface area contributed by atoms with Crippen LogP contribution in [0.2, 0.25) is 0 Å². The van der Waals surface area contributed by atoms with Crippen LogP contribution < -0.4 is 5.32 Å². The standard InChI is InChI=1S/C20H15N3O2S/c24-18(22-13-7-8-16-12(10-13)4-3-9-21-16)17-11-26-20-15-6-2-1-5-14(15)19(25)23(17)20/h1-10,17,20H,11H2,(H,22,24)/t17-,20+/m0/s1. The lowest BCUT2D eigenvalue weighted by atomic mass is 10.1. The first-order chi connectivity index (χ1) is 12.7. The summed E-state index contributed by atoms with van der Waals surface area (Å²) < 4.78 is 0. The van der Waals surface area contributed by atoms with Crippen LogP contribution in [-0.2, 0) is 4.79 Å². The molecule has 5 nitrogen and oxygen atoms in total. The number of carbonyl (C=O) groups is 2. The van der Waals surface area contributed by atoms with Crippen molar-refractivity contribution < 1.29 is 9.59 Å². The molecule has 1 N–H and O–H groups in total. The van der Waals surface area contributed by atoms with Gasteiger partial charge in [-0.3, -0.25) is 14.6 Å². The van der Waals surface area contributed by atoms with Crippen molar-refractivity contribution in [2.24, 2.45) is 0 Å². The molecule has 0 bridgehead atoms. The normalized spacial score (nSPS) is 20.9. The molecule has 2 amide bonds. The Labute approximate surface area is 154 Å². The molecular weight excluding hydrogens is 346 g/mol. The lowest BCUT2D eigenvalue weighted by Gasteiger charge is -2.22. The predicted octanol–water partition coefficient (Wildman–Crippen LogP) is 3.44. The van der Waals surface area contributed by atoms with Crippen molar-refractivity contribution in [1.82, 2.24) is 9.88 Å². The Hall–Kier alpha value is -2.86. The van der Waals surface area contributed by atoms with Crippen LogP contribution in [0, 0.1) is 0 Å². The van der Waals surface area contributed by atoms with E-state index in [0.29, 0.717) is 17.0 Å². The fourth-order valence-electron chi connectivity index (χ4n) is 3.62. The van der Waals surface area contributed by atoms with Crippen molar-refractivity contribution in [3.8, 4) is 0 Å². The van der Waals surface area contributed by atoms with Gasteiger partial charge in [0.25, 0.3) is 5.91 Å². The number of fused-ring (bicyclic) bond motifs is 4. The highest BCUT2D eigenvalue weighted by atomic mass is 32.2. The Kier molecular flexibility index (Phi) is 3.46. The van der Waals surface area contributed by atoms with E-state index in [1.54, 1.807) is 22.9 Å². The number of thioether (sulfide) groups is 1. The summed E-state index contributed by atoms with van der Waals surface area (Å²) in [6, 6.07) is 16.6. The molecule has 0 saturated carbocycles. The molecular formula is C20H15N3O2S. The number of carbonyl (C=O) groups excluding carboxylic acids is 2. The SMILES string of the molecule is O=C(Nc1ccc2ncccc2c1)[C@@H]1CS[C@@H]2c3ccccc3C(=O)N21. The van der Waals surface area contributed by atoms with Gasteiger partial charge in [0.2, 0.25) is 5.91 Å². The van der Waals surface area contributed by atoms with Gasteiger partial charge in [-0.15, -0.1) is 11.8 Å². The number of anilines is 1. The molecule has 1 saturated heterocycles. The molecule has 5 rings (SSSR count). The monoisotopic (exact) mass is 361 g/mol. The summed E-state index contributed by atoms with van der Waals surface area (Å²) in [4.78, 5) is 31.6. The van der Waals surface area contributed by atoms with Crippen LogP contribution in [0.4, 0.5) is 5.69 Å². The summed E-state index contributed by atoms with van der Waals surface area (Å²) in [5.74, 6) is 0.397. The Morgan fingerprint density at radius 1 is 1.15 bits per heavy atom. The number of hydrogen-bond acceptors (Lipinski definition) is 4. The van der Waals surface area contributed by atoms with Crippen LogP contribution in [0.1, 0.15) is 21.3 Å². The third-order valence-corrected chi connectivity index (χ3v) is 6.17. The first-order valence-electron chi connectivity index (χ1n) is 8.41. The smallest absolute Gasteiger partial charge is 0.256 e. The quantitative estimate of drug-likeness (QED) is 0.759. The molecule has 1 fully saturated rings. The third kappa shape index (κ3) is 2.29. The third-order valence-electron chi connectivity index (χ3n) is 4.87. The molecule has 128 valence electrons. The number of nitrogens with one attached hydrogen (secondary N) is 1. The maximum Gasteiger partial charge on any atom is 0.256 e. The Bertz CT molecular complexity index is 1050. The van der Waals surface area contributed by atoms with E-state index in [1.165, 1.54) is 0 Å². The first kappa shape index (κ1) is 15.4. The molecule has 0 aliphatic carbocycles. The molecule has 2 aliphatic rings. The minimum Gasteiger partial charge on any atom is -0.324 e. The topological polar surface area (TPSA) is 62.3 Å².